The van der Waals surface area contributed by atoms with Crippen molar-refractivity contribution in [3.8, 4) is 6.07 Å². The zero-order valence-electron chi connectivity index (χ0n) is 19.7. The van der Waals surface area contributed by atoms with Crippen molar-refractivity contribution in [1.29, 1.82) is 5.26 Å². The topological polar surface area (TPSA) is 152 Å². The van der Waals surface area contributed by atoms with E-state index in [4.69, 9.17) is 0 Å². The molecule has 0 bridgehead atoms. The van der Waals surface area contributed by atoms with Gasteiger partial charge >= 0.3 is 5.97 Å². The van der Waals surface area contributed by atoms with Crippen molar-refractivity contribution in [3.63, 3.8) is 0 Å². The number of nitrogens with zero attached hydrogens (tertiary/aromatic N) is 4. The number of aromatic nitrogens is 3. The molecule has 4 rings (SSSR count). The molecule has 10 nitrogen and oxygen atoms in total. The molecule has 0 saturated heterocycles. The number of hydrogen-bond donors (Lipinski definition) is 3. The summed E-state index contributed by atoms with van der Waals surface area (Å²) in [5.74, 6) is -4.86. The molecule has 4 aromatic rings. The molecule has 2 aromatic carbocycles. The number of carbonyl (C=O) groups excluding carboxylic acids is 1. The highest BCUT2D eigenvalue weighted by Gasteiger charge is 2.24. The summed E-state index contributed by atoms with van der Waals surface area (Å²) in [6.45, 7) is -0.989. The van der Waals surface area contributed by atoms with Crippen LogP contribution < -0.4 is 10.9 Å². The predicted molar refractivity (Wildman–Crippen MR) is 133 cm³/mol. The number of carboxylic acid groups (broad SMARTS) is 1. The lowest BCUT2D eigenvalue weighted by Crippen LogP contribution is -2.39. The van der Waals surface area contributed by atoms with Gasteiger partial charge in [-0.3, -0.25) is 14.4 Å². The summed E-state index contributed by atoms with van der Waals surface area (Å²) in [7, 11) is 0. The fourth-order valence-corrected chi connectivity index (χ4v) is 3.93. The van der Waals surface area contributed by atoms with Crippen LogP contribution in [0, 0.1) is 23.0 Å². The van der Waals surface area contributed by atoms with Gasteiger partial charge in [-0.05, 0) is 35.9 Å². The van der Waals surface area contributed by atoms with Crippen LogP contribution in [0.2, 0.25) is 0 Å². The van der Waals surface area contributed by atoms with Gasteiger partial charge in [0.25, 0.3) is 11.5 Å². The zero-order valence-corrected chi connectivity index (χ0v) is 19.7. The van der Waals surface area contributed by atoms with Crippen molar-refractivity contribution in [3.05, 3.63) is 99.1 Å². The molecule has 0 aliphatic carbocycles. The molecule has 0 aliphatic heterocycles. The van der Waals surface area contributed by atoms with Gasteiger partial charge in [0.1, 0.15) is 18.4 Å². The van der Waals surface area contributed by atoms with Crippen molar-refractivity contribution in [2.75, 3.05) is 25.0 Å². The van der Waals surface area contributed by atoms with Gasteiger partial charge in [0, 0.05) is 31.1 Å². The summed E-state index contributed by atoms with van der Waals surface area (Å²) in [6, 6.07) is 13.7. The maximum Gasteiger partial charge on any atom is 0.323 e. The third-order valence-corrected chi connectivity index (χ3v) is 5.68. The highest BCUT2D eigenvalue weighted by atomic mass is 19.2. The number of fused-ring (bicyclic) bond motifs is 1. The van der Waals surface area contributed by atoms with E-state index in [0.29, 0.717) is 16.5 Å². The van der Waals surface area contributed by atoms with E-state index < -0.39 is 41.2 Å². The molecule has 0 radical (unpaired) electrons. The van der Waals surface area contributed by atoms with E-state index in [0.717, 1.165) is 17.0 Å². The van der Waals surface area contributed by atoms with Gasteiger partial charge in [0.05, 0.1) is 22.2 Å². The van der Waals surface area contributed by atoms with Crippen molar-refractivity contribution < 1.29 is 23.5 Å². The molecule has 0 fully saturated rings. The average molecular weight is 518 g/mol. The van der Waals surface area contributed by atoms with Crippen LogP contribution in [0.3, 0.4) is 0 Å². The molecule has 192 valence electrons. The fourth-order valence-electron chi connectivity index (χ4n) is 3.93. The number of aromatic amines is 1. The number of halogens is 2. The Morgan fingerprint density at radius 1 is 1.13 bits per heavy atom. The molecular weight excluding hydrogens is 498 g/mol. The summed E-state index contributed by atoms with van der Waals surface area (Å²) >= 11 is 0. The maximum absolute atomic E-state index is 14.8. The predicted octanol–water partition coefficient (Wildman–Crippen LogP) is 2.70. The lowest BCUT2D eigenvalue weighted by Gasteiger charge is -2.22. The van der Waals surface area contributed by atoms with Crippen LogP contribution in [0.5, 0.6) is 0 Å². The molecule has 2 heterocycles. The van der Waals surface area contributed by atoms with Crippen LogP contribution in [0.25, 0.3) is 10.8 Å². The third kappa shape index (κ3) is 5.62. The minimum absolute atomic E-state index is 0.0121. The first-order chi connectivity index (χ1) is 18.3. The summed E-state index contributed by atoms with van der Waals surface area (Å²) in [6.07, 6.45) is 1.42. The van der Waals surface area contributed by atoms with Gasteiger partial charge in [-0.2, -0.15) is 10.4 Å². The van der Waals surface area contributed by atoms with E-state index >= 15 is 0 Å². The lowest BCUT2D eigenvalue weighted by atomic mass is 10.0. The SMILES string of the molecule is N#Cc1cccnc1NCCN(CC(=O)O)C(=O)c1cc(Cc2n[nH]c(=O)c3ccccc23)cc(F)c1F. The molecule has 0 atom stereocenters. The van der Waals surface area contributed by atoms with E-state index in [2.05, 4.69) is 20.5 Å². The number of carboxylic acids is 1. The largest absolute Gasteiger partial charge is 0.480 e. The monoisotopic (exact) mass is 518 g/mol. The molecule has 2 aromatic heterocycles. The van der Waals surface area contributed by atoms with Crippen molar-refractivity contribution >= 4 is 28.5 Å². The lowest BCUT2D eigenvalue weighted by molar-refractivity contribution is -0.137. The number of nitriles is 1. The van der Waals surface area contributed by atoms with Crippen LogP contribution in [0.4, 0.5) is 14.6 Å². The van der Waals surface area contributed by atoms with Crippen LogP contribution in [-0.4, -0.2) is 56.7 Å². The summed E-state index contributed by atoms with van der Waals surface area (Å²) < 4.78 is 29.3. The van der Waals surface area contributed by atoms with Crippen molar-refractivity contribution in [1.82, 2.24) is 20.1 Å². The second-order valence-electron chi connectivity index (χ2n) is 8.22. The molecule has 0 saturated carbocycles. The number of amides is 1. The highest BCUT2D eigenvalue weighted by Crippen LogP contribution is 2.22. The van der Waals surface area contributed by atoms with E-state index in [1.54, 1.807) is 30.3 Å². The van der Waals surface area contributed by atoms with Crippen LogP contribution in [0.1, 0.15) is 27.2 Å². The Kier molecular flexibility index (Phi) is 7.67. The van der Waals surface area contributed by atoms with Crippen LogP contribution >= 0.6 is 0 Å². The van der Waals surface area contributed by atoms with Crippen LogP contribution in [-0.2, 0) is 11.2 Å². The number of carbonyl (C=O) groups is 2. The standard InChI is InChI=1S/C26H20F2N6O4/c27-20-11-15(12-21-17-5-1-2-6-18(17)25(37)33-32-21)10-19(23(20)28)26(38)34(14-22(35)36)9-8-31-24-16(13-29)4-3-7-30-24/h1-7,10-11H,8-9,12,14H2,(H,30,31)(H,33,37)(H,35,36). The normalized spacial score (nSPS) is 10.7. The first-order valence-corrected chi connectivity index (χ1v) is 11.3. The van der Waals surface area contributed by atoms with E-state index in [1.165, 1.54) is 12.3 Å². The number of pyridine rings is 1. The van der Waals surface area contributed by atoms with Gasteiger partial charge in [0.2, 0.25) is 0 Å². The van der Waals surface area contributed by atoms with Gasteiger partial charge in [-0.25, -0.2) is 18.9 Å². The first kappa shape index (κ1) is 25.9. The number of anilines is 1. The number of benzene rings is 2. The summed E-state index contributed by atoms with van der Waals surface area (Å²) in [5.41, 5.74) is -0.244. The quantitative estimate of drug-likeness (QED) is 0.306. The molecule has 0 aliphatic rings. The molecule has 3 N–H and O–H groups in total. The van der Waals surface area contributed by atoms with Crippen molar-refractivity contribution in [2.45, 2.75) is 6.42 Å². The smallest absolute Gasteiger partial charge is 0.323 e. The molecule has 0 unspecified atom stereocenters. The third-order valence-electron chi connectivity index (χ3n) is 5.68. The van der Waals surface area contributed by atoms with E-state index in [9.17, 15) is 33.5 Å². The number of aliphatic carboxylic acids is 1. The summed E-state index contributed by atoms with van der Waals surface area (Å²) in [4.78, 5) is 41.5. The first-order valence-electron chi connectivity index (χ1n) is 11.3. The van der Waals surface area contributed by atoms with E-state index in [-0.39, 0.29) is 36.5 Å². The van der Waals surface area contributed by atoms with Crippen LogP contribution in [0.15, 0.2) is 59.5 Å². The maximum atomic E-state index is 14.8. The van der Waals surface area contributed by atoms with Gasteiger partial charge in [-0.15, -0.1) is 0 Å². The fraction of sp³-hybridized carbons (Fsp3) is 0.154. The van der Waals surface area contributed by atoms with Crippen molar-refractivity contribution in [2.24, 2.45) is 0 Å². The molecule has 38 heavy (non-hydrogen) atoms. The minimum Gasteiger partial charge on any atom is -0.480 e. The van der Waals surface area contributed by atoms with Gasteiger partial charge in [0.15, 0.2) is 11.6 Å². The molecule has 12 heteroatoms. The Morgan fingerprint density at radius 2 is 1.89 bits per heavy atom. The molecule has 1 amide bonds. The molecular formula is C26H20F2N6O4. The Hall–Kier alpha value is -5.18. The second kappa shape index (κ2) is 11.3. The zero-order chi connectivity index (χ0) is 27.2. The Morgan fingerprint density at radius 3 is 2.63 bits per heavy atom. The highest BCUT2D eigenvalue weighted by molar-refractivity contribution is 5.96. The Balaban J connectivity index is 1.60. The molecule has 0 spiro atoms. The van der Waals surface area contributed by atoms with Gasteiger partial charge in [-0.1, -0.05) is 18.2 Å². The Labute approximate surface area is 214 Å². The number of hydrogen-bond acceptors (Lipinski definition) is 7. The summed E-state index contributed by atoms with van der Waals surface area (Å²) in [5, 5.41) is 28.6. The number of nitrogens with one attached hydrogen (secondary N) is 2. The second-order valence-corrected chi connectivity index (χ2v) is 8.22. The minimum atomic E-state index is -1.42. The Bertz CT molecular complexity index is 1630. The average Bonchev–Trinajstić information content (AvgIpc) is 2.91. The van der Waals surface area contributed by atoms with Gasteiger partial charge < -0.3 is 15.3 Å². The number of rotatable bonds is 9. The van der Waals surface area contributed by atoms with E-state index in [1.807, 2.05) is 6.07 Å². The number of H-pyrrole nitrogens is 1.